The molecule has 4 amide bonds. The molecule has 4 rings (SSSR count). The molecular formula is C21H19ClFN5O6S2. The summed E-state index contributed by atoms with van der Waals surface area (Å²) in [6.07, 6.45) is 1.72. The van der Waals surface area contributed by atoms with Crippen LogP contribution in [0.4, 0.5) is 26.2 Å². The zero-order valence-electron chi connectivity index (χ0n) is 18.5. The van der Waals surface area contributed by atoms with Gasteiger partial charge in [-0.1, -0.05) is 17.8 Å². The lowest BCUT2D eigenvalue weighted by atomic mass is 10.1. The summed E-state index contributed by atoms with van der Waals surface area (Å²) in [6.45, 7) is -0.237. The third kappa shape index (κ3) is 5.05. The molecule has 0 fully saturated rings. The van der Waals surface area contributed by atoms with Gasteiger partial charge in [0.25, 0.3) is 21.8 Å². The number of rotatable bonds is 6. The number of anilines is 3. The van der Waals surface area contributed by atoms with Crippen LogP contribution in [0.1, 0.15) is 27.1 Å². The minimum absolute atomic E-state index is 0.0246. The molecule has 36 heavy (non-hydrogen) atoms. The minimum Gasteiger partial charge on any atom is -0.472 e. The van der Waals surface area contributed by atoms with Crippen LogP contribution < -0.4 is 30.7 Å². The lowest BCUT2D eigenvalue weighted by molar-refractivity contribution is 0.0934. The number of nitrogens with two attached hydrogens (primary N) is 1. The molecule has 1 atom stereocenters. The predicted octanol–water partition coefficient (Wildman–Crippen LogP) is 2.96. The Morgan fingerprint density at radius 3 is 2.64 bits per heavy atom. The maximum absolute atomic E-state index is 14.2. The van der Waals surface area contributed by atoms with Gasteiger partial charge in [0.2, 0.25) is 0 Å². The number of carbonyl (C=O) groups is 3. The second-order valence-electron chi connectivity index (χ2n) is 7.53. The van der Waals surface area contributed by atoms with Crippen molar-refractivity contribution in [3.63, 3.8) is 0 Å². The van der Waals surface area contributed by atoms with Crippen LogP contribution in [-0.4, -0.2) is 44.8 Å². The maximum Gasteiger partial charge on any atom is 0.333 e. The fourth-order valence-electron chi connectivity index (χ4n) is 3.48. The molecule has 2 aliphatic rings. The molecule has 2 aromatic carbocycles. The number of hydrogen-bond donors (Lipinski definition) is 4. The van der Waals surface area contributed by atoms with Gasteiger partial charge in [0.1, 0.15) is 15.8 Å². The van der Waals surface area contributed by atoms with Crippen LogP contribution in [-0.2, 0) is 10.0 Å². The molecule has 5 N–H and O–H groups in total. The van der Waals surface area contributed by atoms with Crippen molar-refractivity contribution in [3.8, 4) is 5.75 Å². The third-order valence-electron chi connectivity index (χ3n) is 5.20. The topological polar surface area (TPSA) is 160 Å². The highest BCUT2D eigenvalue weighted by atomic mass is 35.5. The third-order valence-corrected chi connectivity index (χ3v) is 8.59. The van der Waals surface area contributed by atoms with E-state index >= 15 is 0 Å². The van der Waals surface area contributed by atoms with E-state index in [0.717, 1.165) is 22.7 Å². The molecule has 2 aromatic rings. The van der Waals surface area contributed by atoms with Gasteiger partial charge < -0.3 is 21.1 Å². The molecule has 0 bridgehead atoms. The number of carbonyl (C=O) groups excluding carboxylic acids is 3. The van der Waals surface area contributed by atoms with Gasteiger partial charge in [0.15, 0.2) is 6.73 Å². The van der Waals surface area contributed by atoms with Gasteiger partial charge in [0, 0.05) is 18.8 Å². The van der Waals surface area contributed by atoms with E-state index in [9.17, 15) is 27.2 Å². The van der Waals surface area contributed by atoms with Crippen LogP contribution in [0.2, 0.25) is 0 Å². The number of thioether (sulfide) groups is 1. The van der Waals surface area contributed by atoms with Gasteiger partial charge in [-0.3, -0.25) is 14.5 Å². The number of nitrogens with one attached hydrogen (secondary N) is 3. The molecule has 0 aliphatic carbocycles. The predicted molar refractivity (Wildman–Crippen MR) is 134 cm³/mol. The average molecular weight is 556 g/mol. The van der Waals surface area contributed by atoms with Gasteiger partial charge in [-0.25, -0.2) is 22.3 Å². The molecule has 0 aromatic heterocycles. The molecule has 2 heterocycles. The van der Waals surface area contributed by atoms with Gasteiger partial charge in [-0.15, -0.1) is 11.6 Å². The number of nitrogens with zero attached hydrogens (tertiary/aromatic N) is 1. The molecule has 11 nitrogen and oxygen atoms in total. The number of alkyl halides is 1. The first kappa shape index (κ1) is 25.6. The number of sulfonamides is 1. The number of halogens is 2. The van der Waals surface area contributed by atoms with Crippen molar-refractivity contribution in [1.82, 2.24) is 4.72 Å². The normalized spacial score (nSPS) is 17.1. The molecule has 15 heteroatoms. The Morgan fingerprint density at radius 1 is 1.25 bits per heavy atom. The number of urea groups is 1. The first-order valence-electron chi connectivity index (χ1n) is 10.2. The summed E-state index contributed by atoms with van der Waals surface area (Å²) in [6, 6.07) is 5.15. The Bertz CT molecular complexity index is 1420. The number of fused-ring (bicyclic) bond motifs is 1. The standard InChI is InChI=1S/C21H19ClFN5O6S2/c1-25-15-8-16-12(7-13(15)23)20(30)28(9-34-16)10-2-3-14(11(6-10)19(24)29)26-21(31)27-36(32,33)18-5-4-17(22)35-18/h2-3,5-8,17,25H,4,9H2,1H3,(H2,24,29)(H2,26,27,31). The second-order valence-corrected chi connectivity index (χ2v) is 11.5. The monoisotopic (exact) mass is 555 g/mol. The summed E-state index contributed by atoms with van der Waals surface area (Å²) in [5, 5.41) is 4.93. The molecule has 1 unspecified atom stereocenters. The lowest BCUT2D eigenvalue weighted by Gasteiger charge is -2.29. The van der Waals surface area contributed by atoms with E-state index in [1.165, 1.54) is 37.4 Å². The number of allylic oxidation sites excluding steroid dienone is 1. The van der Waals surface area contributed by atoms with Gasteiger partial charge in [-0.05, 0) is 30.7 Å². The van der Waals surface area contributed by atoms with E-state index in [4.69, 9.17) is 22.1 Å². The summed E-state index contributed by atoms with van der Waals surface area (Å²) in [4.78, 5) is 38.6. The average Bonchev–Trinajstić information content (AvgIpc) is 3.26. The highest BCUT2D eigenvalue weighted by Gasteiger charge is 2.30. The lowest BCUT2D eigenvalue weighted by Crippen LogP contribution is -2.39. The zero-order valence-corrected chi connectivity index (χ0v) is 20.9. The van der Waals surface area contributed by atoms with Crippen molar-refractivity contribution in [2.24, 2.45) is 5.73 Å². The zero-order chi connectivity index (χ0) is 26.2. The van der Waals surface area contributed by atoms with Crippen molar-refractivity contribution in [2.45, 2.75) is 11.1 Å². The quantitative estimate of drug-likeness (QED) is 0.396. The number of primary amides is 1. The Labute approximate surface area is 214 Å². The smallest absolute Gasteiger partial charge is 0.333 e. The molecular weight excluding hydrogens is 537 g/mol. The molecule has 2 aliphatic heterocycles. The van der Waals surface area contributed by atoms with Gasteiger partial charge in [-0.2, -0.15) is 0 Å². The minimum atomic E-state index is -4.16. The first-order valence-corrected chi connectivity index (χ1v) is 13.0. The first-order chi connectivity index (χ1) is 17.0. The van der Waals surface area contributed by atoms with E-state index in [2.05, 4.69) is 10.6 Å². The summed E-state index contributed by atoms with van der Waals surface area (Å²) in [5.74, 6) is -2.01. The Hall–Kier alpha value is -3.49. The SMILES string of the molecule is CNc1cc2c(cc1F)C(=O)N(c1ccc(NC(=O)NS(=O)(=O)C3=CCC(Cl)S3)c(C(N)=O)c1)CO2. The Kier molecular flexibility index (Phi) is 7.02. The van der Waals surface area contributed by atoms with Crippen molar-refractivity contribution < 1.29 is 31.9 Å². The van der Waals surface area contributed by atoms with E-state index in [1.54, 1.807) is 0 Å². The largest absolute Gasteiger partial charge is 0.472 e. The highest BCUT2D eigenvalue weighted by molar-refractivity contribution is 8.19. The number of benzene rings is 2. The van der Waals surface area contributed by atoms with Gasteiger partial charge in [0.05, 0.1) is 27.2 Å². The summed E-state index contributed by atoms with van der Waals surface area (Å²) in [5.41, 5.74) is 5.46. The number of amides is 4. The summed E-state index contributed by atoms with van der Waals surface area (Å²) in [7, 11) is -2.63. The molecule has 0 spiro atoms. The van der Waals surface area contributed by atoms with Crippen LogP contribution in [0.3, 0.4) is 0 Å². The van der Waals surface area contributed by atoms with Crippen molar-refractivity contribution in [2.75, 3.05) is 29.3 Å². The van der Waals surface area contributed by atoms with E-state index < -0.39 is 38.4 Å². The molecule has 0 saturated carbocycles. The molecule has 0 saturated heterocycles. The Morgan fingerprint density at radius 2 is 2.00 bits per heavy atom. The van der Waals surface area contributed by atoms with Crippen molar-refractivity contribution in [1.29, 1.82) is 0 Å². The fraction of sp³-hybridized carbons (Fsp3) is 0.190. The fourth-order valence-corrected chi connectivity index (χ4v) is 6.34. The van der Waals surface area contributed by atoms with E-state index in [0.29, 0.717) is 6.42 Å². The van der Waals surface area contributed by atoms with Crippen molar-refractivity contribution in [3.05, 3.63) is 57.6 Å². The van der Waals surface area contributed by atoms with Crippen molar-refractivity contribution >= 4 is 68.3 Å². The summed E-state index contributed by atoms with van der Waals surface area (Å²) >= 11 is 6.77. The van der Waals surface area contributed by atoms with Crippen LogP contribution in [0.5, 0.6) is 5.75 Å². The Balaban J connectivity index is 1.55. The summed E-state index contributed by atoms with van der Waals surface area (Å²) < 4.78 is 45.8. The number of hydrogen-bond acceptors (Lipinski definition) is 8. The van der Waals surface area contributed by atoms with Crippen LogP contribution in [0, 0.1) is 5.82 Å². The second kappa shape index (κ2) is 9.87. The maximum atomic E-state index is 14.2. The van der Waals surface area contributed by atoms with E-state index in [1.807, 2.05) is 4.72 Å². The van der Waals surface area contributed by atoms with Crippen LogP contribution in [0.25, 0.3) is 0 Å². The van der Waals surface area contributed by atoms with Crippen LogP contribution in [0.15, 0.2) is 40.6 Å². The number of ether oxygens (including phenoxy) is 1. The highest BCUT2D eigenvalue weighted by Crippen LogP contribution is 2.37. The van der Waals surface area contributed by atoms with E-state index in [-0.39, 0.29) is 44.9 Å². The molecule has 0 radical (unpaired) electrons. The molecule has 190 valence electrons. The van der Waals surface area contributed by atoms with Crippen LogP contribution >= 0.6 is 23.4 Å². The van der Waals surface area contributed by atoms with Gasteiger partial charge >= 0.3 is 6.03 Å².